The Morgan fingerprint density at radius 3 is 1.52 bits per heavy atom. The molecule has 0 spiro atoms. The average molecular weight is 374 g/mol. The third-order valence-electron chi connectivity index (χ3n) is 2.40. The van der Waals surface area contributed by atoms with E-state index < -0.39 is 48.6 Å². The van der Waals surface area contributed by atoms with Crippen molar-refractivity contribution in [2.75, 3.05) is 6.61 Å². The van der Waals surface area contributed by atoms with E-state index in [1.807, 2.05) is 0 Å². The second-order valence-electron chi connectivity index (χ2n) is 4.13. The van der Waals surface area contributed by atoms with Gasteiger partial charge in [-0.2, -0.15) is 43.9 Å². The van der Waals surface area contributed by atoms with E-state index in [4.69, 9.17) is 0 Å². The zero-order chi connectivity index (χ0) is 19.1. The first-order valence-corrected chi connectivity index (χ1v) is 5.17. The molecule has 0 aliphatic rings. The normalized spacial score (nSPS) is 15.0. The fourth-order valence-electron chi connectivity index (χ4n) is 1.06. The van der Waals surface area contributed by atoms with E-state index >= 15 is 0 Å². The van der Waals surface area contributed by atoms with Crippen LogP contribution in [0, 0.1) is 0 Å². The number of rotatable bonds is 7. The zero-order valence-corrected chi connectivity index (χ0v) is 10.6. The second kappa shape index (κ2) is 5.92. The number of hydrogen-bond acceptors (Lipinski definition) is 2. The summed E-state index contributed by atoms with van der Waals surface area (Å²) in [5.74, 6) is -37.4. The molecule has 0 rings (SSSR count). The topological polar surface area (TPSA) is 26.3 Å². The van der Waals surface area contributed by atoms with E-state index in [1.165, 1.54) is 0 Å². The van der Waals surface area contributed by atoms with Gasteiger partial charge in [-0.3, -0.25) is 4.79 Å². The van der Waals surface area contributed by atoms with Crippen molar-refractivity contribution < 1.29 is 62.2 Å². The van der Waals surface area contributed by atoms with Crippen LogP contribution in [0.4, 0.5) is 52.7 Å². The molecule has 0 amide bonds. The Bertz CT molecular complexity index is 444. The molecule has 0 aromatic rings. The third-order valence-corrected chi connectivity index (χ3v) is 2.40. The Labute approximate surface area is 119 Å². The summed E-state index contributed by atoms with van der Waals surface area (Å²) in [4.78, 5) is 10.2. The Hall–Kier alpha value is -1.37. The van der Waals surface area contributed by atoms with Crippen molar-refractivity contribution in [3.05, 3.63) is 0 Å². The van der Waals surface area contributed by atoms with E-state index in [2.05, 4.69) is 4.74 Å². The maximum Gasteiger partial charge on any atom is 0.384 e. The lowest BCUT2D eigenvalue weighted by atomic mass is 9.94. The maximum absolute atomic E-state index is 13.0. The van der Waals surface area contributed by atoms with Gasteiger partial charge in [0.05, 0.1) is 0 Å². The SMILES string of the molecule is CC(=O)OCC(F)(F)C(F)(F)C(F)(F)C(F)(F)C(F)(F)C(F)F. The summed E-state index contributed by atoms with van der Waals surface area (Å²) in [6.45, 7) is -2.52. The van der Waals surface area contributed by atoms with Crippen LogP contribution in [0.1, 0.15) is 6.92 Å². The lowest BCUT2D eigenvalue weighted by Crippen LogP contribution is -2.69. The number of ether oxygens (including phenoxy) is 1. The van der Waals surface area contributed by atoms with Gasteiger partial charge in [-0.25, -0.2) is 8.78 Å². The van der Waals surface area contributed by atoms with Gasteiger partial charge in [0.15, 0.2) is 6.61 Å². The lowest BCUT2D eigenvalue weighted by molar-refractivity contribution is -0.414. The minimum Gasteiger partial charge on any atom is -0.459 e. The first-order chi connectivity index (χ1) is 9.86. The number of halogens is 12. The van der Waals surface area contributed by atoms with E-state index in [0.717, 1.165) is 0 Å². The van der Waals surface area contributed by atoms with Crippen LogP contribution < -0.4 is 0 Å². The van der Waals surface area contributed by atoms with Crippen LogP contribution in [-0.4, -0.2) is 48.6 Å². The van der Waals surface area contributed by atoms with Crippen molar-refractivity contribution in [3.63, 3.8) is 0 Å². The predicted molar refractivity (Wildman–Crippen MR) is 47.4 cm³/mol. The van der Waals surface area contributed by atoms with Crippen LogP contribution in [-0.2, 0) is 9.53 Å². The summed E-state index contributed by atoms with van der Waals surface area (Å²) >= 11 is 0. The van der Waals surface area contributed by atoms with Gasteiger partial charge < -0.3 is 4.74 Å². The highest BCUT2D eigenvalue weighted by Crippen LogP contribution is 2.58. The van der Waals surface area contributed by atoms with E-state index in [0.29, 0.717) is 6.92 Å². The average Bonchev–Trinajstić information content (AvgIpc) is 2.35. The first-order valence-electron chi connectivity index (χ1n) is 5.17. The van der Waals surface area contributed by atoms with Gasteiger partial charge in [0.25, 0.3) is 0 Å². The summed E-state index contributed by atoms with van der Waals surface area (Å²) in [6.07, 6.45) is -5.55. The van der Waals surface area contributed by atoms with Gasteiger partial charge in [0.2, 0.25) is 0 Å². The second-order valence-corrected chi connectivity index (χ2v) is 4.13. The molecule has 0 fully saturated rings. The molecular weight excluding hydrogens is 368 g/mol. The van der Waals surface area contributed by atoms with Crippen molar-refractivity contribution >= 4 is 5.97 Å². The van der Waals surface area contributed by atoms with Gasteiger partial charge in [0, 0.05) is 6.92 Å². The highest BCUT2D eigenvalue weighted by atomic mass is 19.4. The molecule has 2 nitrogen and oxygen atoms in total. The lowest BCUT2D eigenvalue weighted by Gasteiger charge is -2.38. The molecule has 0 heterocycles. The van der Waals surface area contributed by atoms with E-state index in [-0.39, 0.29) is 0 Å². The van der Waals surface area contributed by atoms with Crippen LogP contribution in [0.25, 0.3) is 0 Å². The van der Waals surface area contributed by atoms with Crippen LogP contribution in [0.2, 0.25) is 0 Å². The van der Waals surface area contributed by atoms with E-state index in [9.17, 15) is 57.5 Å². The van der Waals surface area contributed by atoms with Gasteiger partial charge in [-0.15, -0.1) is 0 Å². The van der Waals surface area contributed by atoms with Gasteiger partial charge >= 0.3 is 42.0 Å². The van der Waals surface area contributed by atoms with Crippen LogP contribution in [0.5, 0.6) is 0 Å². The summed E-state index contributed by atoms with van der Waals surface area (Å²) in [5, 5.41) is 0. The molecule has 0 bridgehead atoms. The molecule has 0 unspecified atom stereocenters. The molecule has 0 aliphatic carbocycles. The van der Waals surface area contributed by atoms with Crippen molar-refractivity contribution in [1.29, 1.82) is 0 Å². The summed E-state index contributed by atoms with van der Waals surface area (Å²) in [6, 6.07) is 0. The molecule has 0 aliphatic heterocycles. The predicted octanol–water partition coefficient (Wildman–Crippen LogP) is 3.99. The Balaban J connectivity index is 5.91. The molecule has 0 saturated carbocycles. The summed E-state index contributed by atoms with van der Waals surface area (Å²) in [5.41, 5.74) is 0. The number of hydrogen-bond donors (Lipinski definition) is 0. The minimum absolute atomic E-state index is 0.353. The Morgan fingerprint density at radius 1 is 0.826 bits per heavy atom. The molecule has 0 radical (unpaired) electrons. The minimum atomic E-state index is -7.61. The number of esters is 1. The van der Waals surface area contributed by atoms with Crippen molar-refractivity contribution in [2.45, 2.75) is 43.0 Å². The largest absolute Gasteiger partial charge is 0.459 e. The monoisotopic (exact) mass is 374 g/mol. The molecule has 0 aromatic carbocycles. The smallest absolute Gasteiger partial charge is 0.384 e. The molecular formula is C9H6F12O2. The fourth-order valence-corrected chi connectivity index (χ4v) is 1.06. The molecule has 0 aromatic heterocycles. The van der Waals surface area contributed by atoms with Crippen molar-refractivity contribution in [3.8, 4) is 0 Å². The number of alkyl halides is 12. The van der Waals surface area contributed by atoms with Gasteiger partial charge in [-0.1, -0.05) is 0 Å². The highest BCUT2D eigenvalue weighted by Gasteiger charge is 2.87. The van der Waals surface area contributed by atoms with Gasteiger partial charge in [-0.05, 0) is 0 Å². The molecule has 14 heteroatoms. The Morgan fingerprint density at radius 2 is 1.22 bits per heavy atom. The molecule has 23 heavy (non-hydrogen) atoms. The van der Waals surface area contributed by atoms with Crippen molar-refractivity contribution in [1.82, 2.24) is 0 Å². The number of carbonyl (C=O) groups is 1. The zero-order valence-electron chi connectivity index (χ0n) is 10.6. The number of carbonyl (C=O) groups excluding carboxylic acids is 1. The standard InChI is InChI=1S/C9H6F12O2/c1-3(22)23-2-5(12,13)7(16,17)9(20,21)8(18,19)6(14,15)4(10)11/h4H,2H2,1H3. The van der Waals surface area contributed by atoms with Crippen LogP contribution in [0.3, 0.4) is 0 Å². The third kappa shape index (κ3) is 3.29. The van der Waals surface area contributed by atoms with E-state index in [1.54, 1.807) is 0 Å². The van der Waals surface area contributed by atoms with Gasteiger partial charge in [0.1, 0.15) is 0 Å². The first kappa shape index (κ1) is 21.6. The quantitative estimate of drug-likeness (QED) is 0.498. The van der Waals surface area contributed by atoms with Crippen molar-refractivity contribution in [2.24, 2.45) is 0 Å². The molecule has 0 saturated heterocycles. The highest BCUT2D eigenvalue weighted by molar-refractivity contribution is 5.65. The van der Waals surface area contributed by atoms with Crippen LogP contribution in [0.15, 0.2) is 0 Å². The Kier molecular flexibility index (Phi) is 5.57. The van der Waals surface area contributed by atoms with Crippen LogP contribution >= 0.6 is 0 Å². The molecule has 138 valence electrons. The fraction of sp³-hybridized carbons (Fsp3) is 0.889. The molecule has 0 atom stereocenters. The maximum atomic E-state index is 13.0. The molecule has 0 N–H and O–H groups in total. The summed E-state index contributed by atoms with van der Waals surface area (Å²) in [7, 11) is 0. The summed E-state index contributed by atoms with van der Waals surface area (Å²) < 4.78 is 155.